The van der Waals surface area contributed by atoms with Crippen LogP contribution in [-0.2, 0) is 0 Å². The van der Waals surface area contributed by atoms with E-state index in [0.29, 0.717) is 0 Å². The van der Waals surface area contributed by atoms with Crippen molar-refractivity contribution in [3.63, 3.8) is 0 Å². The zero-order chi connectivity index (χ0) is 11.4. The van der Waals surface area contributed by atoms with Gasteiger partial charge < -0.3 is 5.32 Å². The normalized spacial score (nSPS) is 19.6. The molecule has 0 aromatic heterocycles. The van der Waals surface area contributed by atoms with Crippen molar-refractivity contribution >= 4 is 0 Å². The molecule has 2 rings (SSSR count). The molecular formula is C13H19FN2. The van der Waals surface area contributed by atoms with Crippen LogP contribution in [0, 0.1) is 5.82 Å². The first-order valence-corrected chi connectivity index (χ1v) is 6.02. The first-order chi connectivity index (χ1) is 7.83. The van der Waals surface area contributed by atoms with E-state index in [9.17, 15) is 4.39 Å². The molecule has 1 fully saturated rings. The second-order valence-corrected chi connectivity index (χ2v) is 4.23. The molecule has 1 aliphatic rings. The van der Waals surface area contributed by atoms with Crippen LogP contribution in [0.4, 0.5) is 4.39 Å². The number of rotatable bonds is 3. The van der Waals surface area contributed by atoms with Crippen LogP contribution in [0.1, 0.15) is 24.9 Å². The highest BCUT2D eigenvalue weighted by Crippen LogP contribution is 2.26. The van der Waals surface area contributed by atoms with Gasteiger partial charge in [0.2, 0.25) is 0 Å². The van der Waals surface area contributed by atoms with Gasteiger partial charge >= 0.3 is 0 Å². The van der Waals surface area contributed by atoms with E-state index in [1.807, 2.05) is 12.1 Å². The summed E-state index contributed by atoms with van der Waals surface area (Å²) in [6.07, 6.45) is 0.959. The monoisotopic (exact) mass is 222 g/mol. The average Bonchev–Trinajstić information content (AvgIpc) is 2.34. The molecule has 0 saturated carbocycles. The second-order valence-electron chi connectivity index (χ2n) is 4.23. The van der Waals surface area contributed by atoms with Gasteiger partial charge in [-0.1, -0.05) is 25.1 Å². The van der Waals surface area contributed by atoms with E-state index in [1.54, 1.807) is 12.1 Å². The van der Waals surface area contributed by atoms with Gasteiger partial charge in [-0.15, -0.1) is 0 Å². The van der Waals surface area contributed by atoms with Crippen LogP contribution in [-0.4, -0.2) is 31.1 Å². The highest BCUT2D eigenvalue weighted by atomic mass is 19.1. The van der Waals surface area contributed by atoms with E-state index < -0.39 is 0 Å². The molecule has 1 N–H and O–H groups in total. The quantitative estimate of drug-likeness (QED) is 0.843. The van der Waals surface area contributed by atoms with Crippen LogP contribution in [0.2, 0.25) is 0 Å². The summed E-state index contributed by atoms with van der Waals surface area (Å²) in [6, 6.07) is 7.36. The fourth-order valence-electron chi connectivity index (χ4n) is 2.41. The van der Waals surface area contributed by atoms with Crippen molar-refractivity contribution in [1.82, 2.24) is 10.2 Å². The van der Waals surface area contributed by atoms with Crippen LogP contribution >= 0.6 is 0 Å². The Hall–Kier alpha value is -0.930. The van der Waals surface area contributed by atoms with E-state index in [4.69, 9.17) is 0 Å². The Balaban J connectivity index is 2.18. The molecule has 88 valence electrons. The van der Waals surface area contributed by atoms with Gasteiger partial charge in [0.05, 0.1) is 0 Å². The molecule has 1 atom stereocenters. The van der Waals surface area contributed by atoms with Crippen molar-refractivity contribution in [1.29, 1.82) is 0 Å². The molecule has 1 aliphatic heterocycles. The number of nitrogens with zero attached hydrogens (tertiary/aromatic N) is 1. The lowest BCUT2D eigenvalue weighted by molar-refractivity contribution is 0.166. The Labute approximate surface area is 96.5 Å². The fourth-order valence-corrected chi connectivity index (χ4v) is 2.41. The first kappa shape index (κ1) is 11.6. The molecule has 1 saturated heterocycles. The minimum atomic E-state index is -0.0760. The van der Waals surface area contributed by atoms with E-state index in [2.05, 4.69) is 17.1 Å². The van der Waals surface area contributed by atoms with Crippen LogP contribution in [0.15, 0.2) is 24.3 Å². The van der Waals surface area contributed by atoms with E-state index in [0.717, 1.165) is 38.2 Å². The minimum Gasteiger partial charge on any atom is -0.314 e. The fraction of sp³-hybridized carbons (Fsp3) is 0.538. The van der Waals surface area contributed by atoms with Gasteiger partial charge in [0.15, 0.2) is 0 Å². The van der Waals surface area contributed by atoms with Crippen LogP contribution in [0.5, 0.6) is 0 Å². The van der Waals surface area contributed by atoms with Gasteiger partial charge in [-0.3, -0.25) is 4.90 Å². The molecule has 1 aromatic carbocycles. The predicted octanol–water partition coefficient (Wildman–Crippen LogP) is 2.18. The second kappa shape index (κ2) is 5.41. The first-order valence-electron chi connectivity index (χ1n) is 6.02. The summed E-state index contributed by atoms with van der Waals surface area (Å²) in [6.45, 7) is 6.15. The zero-order valence-electron chi connectivity index (χ0n) is 9.75. The summed E-state index contributed by atoms with van der Waals surface area (Å²) in [5.74, 6) is -0.0760. The van der Waals surface area contributed by atoms with E-state index >= 15 is 0 Å². The van der Waals surface area contributed by atoms with Gasteiger partial charge in [0.25, 0.3) is 0 Å². The van der Waals surface area contributed by atoms with Crippen molar-refractivity contribution < 1.29 is 4.39 Å². The number of benzene rings is 1. The van der Waals surface area contributed by atoms with Crippen LogP contribution < -0.4 is 5.32 Å². The lowest BCUT2D eigenvalue weighted by Gasteiger charge is -2.34. The predicted molar refractivity (Wildman–Crippen MR) is 63.9 cm³/mol. The van der Waals surface area contributed by atoms with E-state index in [1.165, 1.54) is 0 Å². The molecule has 16 heavy (non-hydrogen) atoms. The van der Waals surface area contributed by atoms with Crippen molar-refractivity contribution in [3.8, 4) is 0 Å². The number of hydrogen-bond donors (Lipinski definition) is 1. The molecule has 3 heteroatoms. The Morgan fingerprint density at radius 1 is 1.31 bits per heavy atom. The topological polar surface area (TPSA) is 15.3 Å². The maximum atomic E-state index is 13.7. The average molecular weight is 222 g/mol. The maximum absolute atomic E-state index is 13.7. The third-order valence-corrected chi connectivity index (χ3v) is 3.24. The van der Waals surface area contributed by atoms with Crippen LogP contribution in [0.3, 0.4) is 0 Å². The smallest absolute Gasteiger partial charge is 0.127 e. The number of piperazine rings is 1. The largest absolute Gasteiger partial charge is 0.314 e. The summed E-state index contributed by atoms with van der Waals surface area (Å²) >= 11 is 0. The lowest BCUT2D eigenvalue weighted by atomic mass is 10.0. The molecule has 0 amide bonds. The third-order valence-electron chi connectivity index (χ3n) is 3.24. The standard InChI is InChI=1S/C13H19FN2/c1-2-13(16-9-7-15-8-10-16)11-5-3-4-6-12(11)14/h3-6,13,15H,2,7-10H2,1H3. The van der Waals surface area contributed by atoms with Crippen molar-refractivity contribution in [3.05, 3.63) is 35.6 Å². The third kappa shape index (κ3) is 2.42. The van der Waals surface area contributed by atoms with Crippen molar-refractivity contribution in [2.75, 3.05) is 26.2 Å². The Morgan fingerprint density at radius 3 is 2.62 bits per heavy atom. The minimum absolute atomic E-state index is 0.0760. The zero-order valence-corrected chi connectivity index (χ0v) is 9.75. The summed E-state index contributed by atoms with van der Waals surface area (Å²) in [4.78, 5) is 2.37. The Morgan fingerprint density at radius 2 is 2.00 bits per heavy atom. The molecule has 1 aromatic rings. The molecule has 0 bridgehead atoms. The van der Waals surface area contributed by atoms with Crippen molar-refractivity contribution in [2.45, 2.75) is 19.4 Å². The highest BCUT2D eigenvalue weighted by Gasteiger charge is 2.22. The van der Waals surface area contributed by atoms with Crippen LogP contribution in [0.25, 0.3) is 0 Å². The summed E-state index contributed by atoms with van der Waals surface area (Å²) in [5, 5.41) is 3.32. The molecule has 1 unspecified atom stereocenters. The van der Waals surface area contributed by atoms with Gasteiger partial charge in [-0.25, -0.2) is 4.39 Å². The SMILES string of the molecule is CCC(c1ccccc1F)N1CCNCC1. The number of halogens is 1. The summed E-state index contributed by atoms with van der Waals surface area (Å²) in [7, 11) is 0. The van der Waals surface area contributed by atoms with E-state index in [-0.39, 0.29) is 11.9 Å². The lowest BCUT2D eigenvalue weighted by Crippen LogP contribution is -2.45. The molecule has 0 spiro atoms. The van der Waals surface area contributed by atoms with Gasteiger partial charge in [0, 0.05) is 37.8 Å². The Bertz CT molecular complexity index is 334. The summed E-state index contributed by atoms with van der Waals surface area (Å²) < 4.78 is 13.7. The maximum Gasteiger partial charge on any atom is 0.127 e. The Kier molecular flexibility index (Phi) is 3.91. The molecular weight excluding hydrogens is 203 g/mol. The molecule has 1 heterocycles. The molecule has 0 radical (unpaired) electrons. The van der Waals surface area contributed by atoms with Gasteiger partial charge in [0.1, 0.15) is 5.82 Å². The number of hydrogen-bond acceptors (Lipinski definition) is 2. The van der Waals surface area contributed by atoms with Gasteiger partial charge in [-0.05, 0) is 12.5 Å². The van der Waals surface area contributed by atoms with Crippen molar-refractivity contribution in [2.24, 2.45) is 0 Å². The molecule has 2 nitrogen and oxygen atoms in total. The molecule has 0 aliphatic carbocycles. The highest BCUT2D eigenvalue weighted by molar-refractivity contribution is 5.21. The number of nitrogens with one attached hydrogen (secondary N) is 1. The van der Waals surface area contributed by atoms with Gasteiger partial charge in [-0.2, -0.15) is 0 Å². The summed E-state index contributed by atoms with van der Waals surface area (Å²) in [5.41, 5.74) is 0.840.